The number of aromatic carboxylic acids is 1. The molecule has 138 valence electrons. The van der Waals surface area contributed by atoms with Gasteiger partial charge < -0.3 is 15.2 Å². The molecule has 0 unspecified atom stereocenters. The van der Waals surface area contributed by atoms with Crippen molar-refractivity contribution >= 4 is 34.0 Å². The summed E-state index contributed by atoms with van der Waals surface area (Å²) in [6.45, 7) is 4.72. The van der Waals surface area contributed by atoms with Crippen molar-refractivity contribution in [1.29, 1.82) is 0 Å². The lowest BCUT2D eigenvalue weighted by molar-refractivity contribution is 0.0701. The highest BCUT2D eigenvalue weighted by atomic mass is 32.1. The average Bonchev–Trinajstić information content (AvgIpc) is 3.29. The summed E-state index contributed by atoms with van der Waals surface area (Å²) in [5.41, 5.74) is 1.25. The lowest BCUT2D eigenvalue weighted by Crippen LogP contribution is -2.14. The molecule has 1 fully saturated rings. The Kier molecular flexibility index (Phi) is 5.41. The van der Waals surface area contributed by atoms with Crippen molar-refractivity contribution in [2.24, 2.45) is 5.92 Å². The van der Waals surface area contributed by atoms with Crippen LogP contribution in [-0.4, -0.2) is 34.6 Å². The van der Waals surface area contributed by atoms with E-state index in [4.69, 9.17) is 9.84 Å². The van der Waals surface area contributed by atoms with Gasteiger partial charge in [-0.3, -0.25) is 10.1 Å². The SMILES string of the molecule is CC(C)Oc1cc(NCC2CC2)cc(C(=O)Nc2ncc(C(=O)O)s2)c1. The molecule has 3 rings (SSSR count). The molecule has 2 aromatic rings. The number of nitrogens with one attached hydrogen (secondary N) is 2. The zero-order valence-corrected chi connectivity index (χ0v) is 15.4. The van der Waals surface area contributed by atoms with E-state index in [0.29, 0.717) is 17.2 Å². The van der Waals surface area contributed by atoms with Crippen LogP contribution < -0.4 is 15.4 Å². The van der Waals surface area contributed by atoms with Crippen LogP contribution in [-0.2, 0) is 0 Å². The van der Waals surface area contributed by atoms with Gasteiger partial charge in [-0.15, -0.1) is 0 Å². The molecule has 1 amide bonds. The summed E-state index contributed by atoms with van der Waals surface area (Å²) >= 11 is 0.916. The average molecular weight is 375 g/mol. The van der Waals surface area contributed by atoms with Crippen LogP contribution in [0.2, 0.25) is 0 Å². The molecule has 7 nitrogen and oxygen atoms in total. The second-order valence-electron chi connectivity index (χ2n) is 6.53. The Morgan fingerprint density at radius 3 is 2.73 bits per heavy atom. The number of thiazole rings is 1. The summed E-state index contributed by atoms with van der Waals surface area (Å²) in [4.78, 5) is 27.5. The molecule has 1 saturated carbocycles. The topological polar surface area (TPSA) is 101 Å². The molecule has 0 atom stereocenters. The summed E-state index contributed by atoms with van der Waals surface area (Å²) in [6.07, 6.45) is 3.68. The molecule has 1 aromatic carbocycles. The first-order valence-electron chi connectivity index (χ1n) is 8.47. The van der Waals surface area contributed by atoms with Gasteiger partial charge in [0.25, 0.3) is 5.91 Å². The number of carboxylic acid groups (broad SMARTS) is 1. The molecule has 1 heterocycles. The fourth-order valence-corrected chi connectivity index (χ4v) is 3.01. The normalized spacial score (nSPS) is 13.5. The maximum absolute atomic E-state index is 12.6. The van der Waals surface area contributed by atoms with Crippen molar-refractivity contribution in [2.45, 2.75) is 32.8 Å². The molecular formula is C18H21N3O4S. The first kappa shape index (κ1) is 18.2. The third-order valence-electron chi connectivity index (χ3n) is 3.77. The fraction of sp³-hybridized carbons (Fsp3) is 0.389. The molecule has 0 aliphatic heterocycles. The van der Waals surface area contributed by atoms with E-state index >= 15 is 0 Å². The van der Waals surface area contributed by atoms with E-state index in [1.807, 2.05) is 19.9 Å². The molecule has 3 N–H and O–H groups in total. The number of carbonyl (C=O) groups excluding carboxylic acids is 1. The molecular weight excluding hydrogens is 354 g/mol. The van der Waals surface area contributed by atoms with Crippen LogP contribution in [0.25, 0.3) is 0 Å². The van der Waals surface area contributed by atoms with Crippen LogP contribution in [0, 0.1) is 5.92 Å². The van der Waals surface area contributed by atoms with Crippen molar-refractivity contribution in [3.05, 3.63) is 34.8 Å². The first-order chi connectivity index (χ1) is 12.4. The highest BCUT2D eigenvalue weighted by molar-refractivity contribution is 7.17. The molecule has 0 radical (unpaired) electrons. The van der Waals surface area contributed by atoms with Gasteiger partial charge in [0.2, 0.25) is 0 Å². The Labute approximate surface area is 155 Å². The minimum absolute atomic E-state index is 0.0123. The van der Waals surface area contributed by atoms with Gasteiger partial charge in [0.05, 0.1) is 12.3 Å². The van der Waals surface area contributed by atoms with Gasteiger partial charge in [-0.2, -0.15) is 0 Å². The lowest BCUT2D eigenvalue weighted by atomic mass is 10.1. The molecule has 26 heavy (non-hydrogen) atoms. The molecule has 0 saturated heterocycles. The highest BCUT2D eigenvalue weighted by Gasteiger charge is 2.21. The summed E-state index contributed by atoms with van der Waals surface area (Å²) in [5, 5.41) is 15.2. The summed E-state index contributed by atoms with van der Waals surface area (Å²) in [7, 11) is 0. The summed E-state index contributed by atoms with van der Waals surface area (Å²) < 4.78 is 5.74. The second kappa shape index (κ2) is 7.74. The van der Waals surface area contributed by atoms with Crippen LogP contribution in [0.3, 0.4) is 0 Å². The second-order valence-corrected chi connectivity index (χ2v) is 7.56. The quantitative estimate of drug-likeness (QED) is 0.650. The Balaban J connectivity index is 1.77. The van der Waals surface area contributed by atoms with Gasteiger partial charge in [-0.05, 0) is 44.7 Å². The minimum Gasteiger partial charge on any atom is -0.491 e. The summed E-state index contributed by atoms with van der Waals surface area (Å²) in [6, 6.07) is 5.31. The van der Waals surface area contributed by atoms with E-state index in [2.05, 4.69) is 15.6 Å². The summed E-state index contributed by atoms with van der Waals surface area (Å²) in [5.74, 6) is -0.120. The zero-order chi connectivity index (χ0) is 18.7. The number of ether oxygens (including phenoxy) is 1. The van der Waals surface area contributed by atoms with Gasteiger partial charge in [-0.25, -0.2) is 9.78 Å². The molecule has 1 aromatic heterocycles. The molecule has 0 spiro atoms. The van der Waals surface area contributed by atoms with Gasteiger partial charge in [0.1, 0.15) is 10.6 Å². The molecule has 8 heteroatoms. The van der Waals surface area contributed by atoms with Gasteiger partial charge >= 0.3 is 5.97 Å². The predicted molar refractivity (Wildman–Crippen MR) is 100 cm³/mol. The van der Waals surface area contributed by atoms with Crippen molar-refractivity contribution < 1.29 is 19.4 Å². The molecule has 1 aliphatic rings. The van der Waals surface area contributed by atoms with Crippen LogP contribution in [0.4, 0.5) is 10.8 Å². The standard InChI is InChI=1S/C18H21N3O4S/c1-10(2)25-14-6-12(5-13(7-14)19-8-11-3-4-11)16(22)21-18-20-9-15(26-18)17(23)24/h5-7,9-11,19H,3-4,8H2,1-2H3,(H,23,24)(H,20,21,22). The van der Waals surface area contributed by atoms with Crippen molar-refractivity contribution in [1.82, 2.24) is 4.98 Å². The maximum atomic E-state index is 12.6. The highest BCUT2D eigenvalue weighted by Crippen LogP contribution is 2.30. The lowest BCUT2D eigenvalue weighted by Gasteiger charge is -2.14. The van der Waals surface area contributed by atoms with E-state index < -0.39 is 5.97 Å². The van der Waals surface area contributed by atoms with Crippen molar-refractivity contribution in [3.8, 4) is 5.75 Å². The minimum atomic E-state index is -1.07. The zero-order valence-electron chi connectivity index (χ0n) is 14.6. The van der Waals surface area contributed by atoms with Crippen molar-refractivity contribution in [3.63, 3.8) is 0 Å². The largest absolute Gasteiger partial charge is 0.491 e. The molecule has 0 bridgehead atoms. The number of aromatic nitrogens is 1. The van der Waals surface area contributed by atoms with Gasteiger partial charge in [0.15, 0.2) is 5.13 Å². The van der Waals surface area contributed by atoms with Crippen molar-refractivity contribution in [2.75, 3.05) is 17.2 Å². The number of carboxylic acids is 1. The van der Waals surface area contributed by atoms with Gasteiger partial charge in [-0.1, -0.05) is 11.3 Å². The smallest absolute Gasteiger partial charge is 0.347 e. The van der Waals surface area contributed by atoms with Crippen LogP contribution >= 0.6 is 11.3 Å². The number of hydrogen-bond donors (Lipinski definition) is 3. The van der Waals surface area contributed by atoms with Crippen LogP contribution in [0.15, 0.2) is 24.4 Å². The monoisotopic (exact) mass is 375 g/mol. The van der Waals surface area contributed by atoms with E-state index in [0.717, 1.165) is 23.6 Å². The third kappa shape index (κ3) is 4.95. The Morgan fingerprint density at radius 2 is 2.12 bits per heavy atom. The van der Waals surface area contributed by atoms with Crippen LogP contribution in [0.5, 0.6) is 5.75 Å². The Morgan fingerprint density at radius 1 is 1.35 bits per heavy atom. The number of carbonyl (C=O) groups is 2. The number of rotatable bonds is 8. The Hall–Kier alpha value is -2.61. The number of amides is 1. The predicted octanol–water partition coefficient (Wildman–Crippen LogP) is 3.70. The first-order valence-corrected chi connectivity index (χ1v) is 9.28. The number of hydrogen-bond acceptors (Lipinski definition) is 6. The maximum Gasteiger partial charge on any atom is 0.347 e. The fourth-order valence-electron chi connectivity index (χ4n) is 2.36. The van der Waals surface area contributed by atoms with E-state index in [1.165, 1.54) is 19.0 Å². The van der Waals surface area contributed by atoms with Gasteiger partial charge in [0, 0.05) is 23.9 Å². The number of nitrogens with zero attached hydrogens (tertiary/aromatic N) is 1. The van der Waals surface area contributed by atoms with E-state index in [1.54, 1.807) is 12.1 Å². The number of anilines is 2. The van der Waals surface area contributed by atoms with E-state index in [9.17, 15) is 9.59 Å². The number of benzene rings is 1. The van der Waals surface area contributed by atoms with E-state index in [-0.39, 0.29) is 22.0 Å². The third-order valence-corrected chi connectivity index (χ3v) is 4.67. The molecule has 1 aliphatic carbocycles. The van der Waals surface area contributed by atoms with Crippen LogP contribution in [0.1, 0.15) is 46.7 Å². The Bertz CT molecular complexity index is 815.